The highest BCUT2D eigenvalue weighted by Crippen LogP contribution is 2.43. The van der Waals surface area contributed by atoms with Crippen LogP contribution < -0.4 is 5.73 Å². The van der Waals surface area contributed by atoms with Crippen LogP contribution in [0.2, 0.25) is 0 Å². The first kappa shape index (κ1) is 14.2. The number of hydrogen-bond acceptors (Lipinski definition) is 6. The van der Waals surface area contributed by atoms with Gasteiger partial charge in [-0.2, -0.15) is 16.7 Å². The zero-order valence-electron chi connectivity index (χ0n) is 11.1. The molecule has 1 aromatic rings. The van der Waals surface area contributed by atoms with Gasteiger partial charge in [-0.3, -0.25) is 0 Å². The van der Waals surface area contributed by atoms with E-state index in [2.05, 4.69) is 30.9 Å². The molecule has 2 rings (SSSR count). The molecular formula is C12H21N3OS2. The van der Waals surface area contributed by atoms with Gasteiger partial charge in [0.25, 0.3) is 0 Å². The first-order valence-corrected chi connectivity index (χ1v) is 8.55. The summed E-state index contributed by atoms with van der Waals surface area (Å²) in [4.78, 5) is 4.52. The number of aromatic nitrogens is 2. The summed E-state index contributed by atoms with van der Waals surface area (Å²) in [5.41, 5.74) is 6.04. The number of thioether (sulfide) groups is 2. The van der Waals surface area contributed by atoms with Crippen LogP contribution in [-0.4, -0.2) is 26.9 Å². The maximum absolute atomic E-state index is 6.04. The van der Waals surface area contributed by atoms with Crippen molar-refractivity contribution in [1.29, 1.82) is 0 Å². The summed E-state index contributed by atoms with van der Waals surface area (Å²) in [7, 11) is 0. The van der Waals surface area contributed by atoms with E-state index in [0.29, 0.717) is 22.3 Å². The van der Waals surface area contributed by atoms with E-state index in [9.17, 15) is 0 Å². The summed E-state index contributed by atoms with van der Waals surface area (Å²) >= 11 is 3.95. The van der Waals surface area contributed by atoms with Gasteiger partial charge in [-0.25, -0.2) is 0 Å². The summed E-state index contributed by atoms with van der Waals surface area (Å²) in [6, 6.07) is -0.160. The van der Waals surface area contributed by atoms with Crippen molar-refractivity contribution in [1.82, 2.24) is 10.1 Å². The molecule has 0 aliphatic carbocycles. The largest absolute Gasteiger partial charge is 0.338 e. The second-order valence-electron chi connectivity index (χ2n) is 4.87. The van der Waals surface area contributed by atoms with Gasteiger partial charge in [0, 0.05) is 16.8 Å². The van der Waals surface area contributed by atoms with E-state index in [4.69, 9.17) is 10.3 Å². The second kappa shape index (κ2) is 6.30. The Bertz CT molecular complexity index is 383. The Morgan fingerprint density at radius 1 is 1.39 bits per heavy atom. The highest BCUT2D eigenvalue weighted by Gasteiger charge is 2.31. The summed E-state index contributed by atoms with van der Waals surface area (Å²) in [5.74, 6) is 4.09. The van der Waals surface area contributed by atoms with Gasteiger partial charge in [0.15, 0.2) is 5.82 Å². The lowest BCUT2D eigenvalue weighted by atomic mass is 10.1. The number of nitrogens with zero attached hydrogens (tertiary/aromatic N) is 2. The normalized spacial score (nSPS) is 26.5. The molecule has 0 aromatic carbocycles. The van der Waals surface area contributed by atoms with Crippen LogP contribution in [0, 0.1) is 5.92 Å². The molecule has 18 heavy (non-hydrogen) atoms. The standard InChI is InChI=1S/C12H21N3OS2/c1-4-8-10(18-6-5-17-8)11-14-12(16-15-11)9(13)7(2)3/h7-10H,4-6,13H2,1-3H3. The molecule has 0 saturated carbocycles. The maximum Gasteiger partial charge on any atom is 0.243 e. The third-order valence-corrected chi connectivity index (χ3v) is 6.41. The lowest BCUT2D eigenvalue weighted by Gasteiger charge is -2.27. The summed E-state index contributed by atoms with van der Waals surface area (Å²) < 4.78 is 5.33. The minimum Gasteiger partial charge on any atom is -0.338 e. The fraction of sp³-hybridized carbons (Fsp3) is 0.833. The first-order valence-electron chi connectivity index (χ1n) is 6.45. The molecular weight excluding hydrogens is 266 g/mol. The molecule has 102 valence electrons. The van der Waals surface area contributed by atoms with E-state index in [1.54, 1.807) is 0 Å². The smallest absolute Gasteiger partial charge is 0.243 e. The van der Waals surface area contributed by atoms with Crippen LogP contribution in [0.25, 0.3) is 0 Å². The first-order chi connectivity index (χ1) is 8.63. The van der Waals surface area contributed by atoms with Gasteiger partial charge in [0.2, 0.25) is 5.89 Å². The van der Waals surface area contributed by atoms with Crippen molar-refractivity contribution in [2.24, 2.45) is 11.7 Å². The van der Waals surface area contributed by atoms with E-state index >= 15 is 0 Å². The monoisotopic (exact) mass is 287 g/mol. The lowest BCUT2D eigenvalue weighted by molar-refractivity contribution is 0.322. The molecule has 1 fully saturated rings. The zero-order valence-corrected chi connectivity index (χ0v) is 12.8. The minimum atomic E-state index is -0.160. The number of nitrogens with two attached hydrogens (primary N) is 1. The molecule has 1 saturated heterocycles. The summed E-state index contributed by atoms with van der Waals surface area (Å²) in [5, 5.41) is 5.08. The van der Waals surface area contributed by atoms with Gasteiger partial charge in [0.05, 0.1) is 11.3 Å². The van der Waals surface area contributed by atoms with Crippen LogP contribution in [0.4, 0.5) is 0 Å². The third-order valence-electron chi connectivity index (χ3n) is 3.17. The fourth-order valence-corrected chi connectivity index (χ4v) is 4.91. The molecule has 0 radical (unpaired) electrons. The molecule has 0 amide bonds. The average Bonchev–Trinajstić information content (AvgIpc) is 2.87. The van der Waals surface area contributed by atoms with Crippen molar-refractivity contribution < 1.29 is 4.52 Å². The van der Waals surface area contributed by atoms with Gasteiger partial charge in [-0.15, -0.1) is 11.8 Å². The Morgan fingerprint density at radius 3 is 2.78 bits per heavy atom. The average molecular weight is 287 g/mol. The SMILES string of the molecule is CCC1SCCSC1c1noc(C(N)C(C)C)n1. The van der Waals surface area contributed by atoms with Gasteiger partial charge < -0.3 is 10.3 Å². The lowest BCUT2D eigenvalue weighted by Crippen LogP contribution is -2.20. The molecule has 2 N–H and O–H groups in total. The molecule has 4 nitrogen and oxygen atoms in total. The van der Waals surface area contributed by atoms with Crippen molar-refractivity contribution in [3.63, 3.8) is 0 Å². The van der Waals surface area contributed by atoms with Crippen LogP contribution in [0.5, 0.6) is 0 Å². The number of hydrogen-bond donors (Lipinski definition) is 1. The Morgan fingerprint density at radius 2 is 2.11 bits per heavy atom. The molecule has 0 spiro atoms. The van der Waals surface area contributed by atoms with Crippen molar-refractivity contribution in [3.8, 4) is 0 Å². The zero-order chi connectivity index (χ0) is 13.1. The quantitative estimate of drug-likeness (QED) is 0.918. The molecule has 3 unspecified atom stereocenters. The van der Waals surface area contributed by atoms with Gasteiger partial charge >= 0.3 is 0 Å². The van der Waals surface area contributed by atoms with Crippen LogP contribution in [0.3, 0.4) is 0 Å². The summed E-state index contributed by atoms with van der Waals surface area (Å²) in [6.07, 6.45) is 1.14. The van der Waals surface area contributed by atoms with Crippen molar-refractivity contribution in [2.45, 2.75) is 43.7 Å². The van der Waals surface area contributed by atoms with Crippen molar-refractivity contribution >= 4 is 23.5 Å². The second-order valence-corrected chi connectivity index (χ2v) is 7.47. The Labute approximate surface area is 117 Å². The molecule has 2 heterocycles. The van der Waals surface area contributed by atoms with Gasteiger partial charge in [-0.05, 0) is 12.3 Å². The Hall–Kier alpha value is -0.200. The molecule has 0 bridgehead atoms. The highest BCUT2D eigenvalue weighted by molar-refractivity contribution is 8.06. The molecule has 6 heteroatoms. The minimum absolute atomic E-state index is 0.160. The van der Waals surface area contributed by atoms with E-state index in [-0.39, 0.29) is 6.04 Å². The van der Waals surface area contributed by atoms with Gasteiger partial charge in [0.1, 0.15) is 0 Å². The Kier molecular flexibility index (Phi) is 4.98. The molecule has 3 atom stereocenters. The number of rotatable bonds is 4. The summed E-state index contributed by atoms with van der Waals surface area (Å²) in [6.45, 7) is 6.35. The predicted octanol–water partition coefficient (Wildman–Crippen LogP) is 3.03. The molecule has 1 aromatic heterocycles. The van der Waals surface area contributed by atoms with E-state index in [1.807, 2.05) is 23.5 Å². The molecule has 1 aliphatic rings. The van der Waals surface area contributed by atoms with Crippen molar-refractivity contribution in [3.05, 3.63) is 11.7 Å². The van der Waals surface area contributed by atoms with Crippen LogP contribution >= 0.6 is 23.5 Å². The van der Waals surface area contributed by atoms with E-state index < -0.39 is 0 Å². The maximum atomic E-state index is 6.04. The van der Waals surface area contributed by atoms with Crippen LogP contribution in [0.1, 0.15) is 50.2 Å². The fourth-order valence-electron chi connectivity index (χ4n) is 1.93. The predicted molar refractivity (Wildman–Crippen MR) is 77.8 cm³/mol. The third kappa shape index (κ3) is 3.03. The molecule has 1 aliphatic heterocycles. The van der Waals surface area contributed by atoms with Gasteiger partial charge in [-0.1, -0.05) is 25.9 Å². The van der Waals surface area contributed by atoms with Crippen molar-refractivity contribution in [2.75, 3.05) is 11.5 Å². The van der Waals surface area contributed by atoms with Crippen LogP contribution in [0.15, 0.2) is 4.52 Å². The van der Waals surface area contributed by atoms with Crippen LogP contribution in [-0.2, 0) is 0 Å². The van der Waals surface area contributed by atoms with E-state index in [0.717, 1.165) is 18.0 Å². The Balaban J connectivity index is 2.13. The van der Waals surface area contributed by atoms with E-state index in [1.165, 1.54) is 5.75 Å². The topological polar surface area (TPSA) is 64.9 Å². The highest BCUT2D eigenvalue weighted by atomic mass is 32.2.